The van der Waals surface area contributed by atoms with E-state index >= 15 is 0 Å². The predicted molar refractivity (Wildman–Crippen MR) is 86.9 cm³/mol. The largest absolute Gasteiger partial charge is 0.298 e. The first-order valence-corrected chi connectivity index (χ1v) is 7.08. The van der Waals surface area contributed by atoms with Crippen LogP contribution in [0.5, 0.6) is 0 Å². The lowest BCUT2D eigenvalue weighted by atomic mass is 10.1. The quantitative estimate of drug-likeness (QED) is 0.825. The van der Waals surface area contributed by atoms with Crippen molar-refractivity contribution in [2.45, 2.75) is 13.3 Å². The number of hydrogen-bond acceptors (Lipinski definition) is 2. The molecule has 0 atom stereocenters. The van der Waals surface area contributed by atoms with Crippen LogP contribution in [-0.2, 0) is 6.42 Å². The van der Waals surface area contributed by atoms with Gasteiger partial charge in [0.05, 0.1) is 5.70 Å². The van der Waals surface area contributed by atoms with Crippen LogP contribution in [0.1, 0.15) is 28.4 Å². The Balaban J connectivity index is 1.95. The minimum Gasteiger partial charge on any atom is -0.298 e. The Morgan fingerprint density at radius 2 is 1.81 bits per heavy atom. The Labute approximate surface area is 129 Å². The molecule has 0 aliphatic carbocycles. The Morgan fingerprint density at radius 1 is 1.10 bits per heavy atom. The van der Waals surface area contributed by atoms with E-state index in [1.807, 2.05) is 24.3 Å². The summed E-state index contributed by atoms with van der Waals surface area (Å²) < 4.78 is 0. The Bertz CT molecular complexity index is 650. The standard InChI is InChI=1S/C17H17ClN2O/c1-3-13-7-9-14(10-8-13)12(2)19-20-17(21)15-5-4-6-16(18)11-15/h4-11,19H,2-3H2,1H3,(H,20,21). The second-order valence-electron chi connectivity index (χ2n) is 4.62. The highest BCUT2D eigenvalue weighted by Crippen LogP contribution is 2.12. The van der Waals surface area contributed by atoms with Crippen molar-refractivity contribution in [3.05, 3.63) is 76.8 Å². The van der Waals surface area contributed by atoms with Crippen LogP contribution < -0.4 is 10.9 Å². The van der Waals surface area contributed by atoms with E-state index in [0.717, 1.165) is 12.0 Å². The molecule has 2 aromatic rings. The van der Waals surface area contributed by atoms with Crippen LogP contribution in [0.4, 0.5) is 0 Å². The Hall–Kier alpha value is -2.26. The highest BCUT2D eigenvalue weighted by molar-refractivity contribution is 6.30. The SMILES string of the molecule is C=C(NNC(=O)c1cccc(Cl)c1)c1ccc(CC)cc1. The fourth-order valence-corrected chi connectivity index (χ4v) is 2.04. The first kappa shape index (κ1) is 15.1. The van der Waals surface area contributed by atoms with E-state index in [9.17, 15) is 4.79 Å². The first-order chi connectivity index (χ1) is 10.1. The van der Waals surface area contributed by atoms with Gasteiger partial charge in [-0.15, -0.1) is 0 Å². The van der Waals surface area contributed by atoms with Gasteiger partial charge in [-0.2, -0.15) is 0 Å². The van der Waals surface area contributed by atoms with Gasteiger partial charge in [-0.05, 0) is 35.7 Å². The lowest BCUT2D eigenvalue weighted by Crippen LogP contribution is -2.35. The number of benzene rings is 2. The maximum atomic E-state index is 12.0. The summed E-state index contributed by atoms with van der Waals surface area (Å²) in [6.07, 6.45) is 0.992. The molecule has 0 saturated heterocycles. The van der Waals surface area contributed by atoms with E-state index in [1.54, 1.807) is 24.3 Å². The van der Waals surface area contributed by atoms with Gasteiger partial charge in [-0.1, -0.05) is 55.4 Å². The van der Waals surface area contributed by atoms with Crippen molar-refractivity contribution in [2.75, 3.05) is 0 Å². The highest BCUT2D eigenvalue weighted by Gasteiger charge is 2.06. The van der Waals surface area contributed by atoms with Gasteiger partial charge in [0, 0.05) is 10.6 Å². The van der Waals surface area contributed by atoms with Crippen LogP contribution in [0, 0.1) is 0 Å². The molecule has 0 fully saturated rings. The minimum absolute atomic E-state index is 0.260. The average Bonchev–Trinajstić information content (AvgIpc) is 2.52. The summed E-state index contributed by atoms with van der Waals surface area (Å²) in [5.74, 6) is -0.260. The average molecular weight is 301 g/mol. The van der Waals surface area contributed by atoms with Gasteiger partial charge in [0.15, 0.2) is 0 Å². The number of carbonyl (C=O) groups excluding carboxylic acids is 1. The summed E-state index contributed by atoms with van der Waals surface area (Å²) in [5.41, 5.74) is 8.73. The molecular weight excluding hydrogens is 284 g/mol. The molecule has 3 nitrogen and oxygen atoms in total. The summed E-state index contributed by atoms with van der Waals surface area (Å²) in [5, 5.41) is 0.525. The number of hydrazine groups is 1. The van der Waals surface area contributed by atoms with Gasteiger partial charge in [0.2, 0.25) is 0 Å². The molecular formula is C17H17ClN2O. The van der Waals surface area contributed by atoms with Gasteiger partial charge < -0.3 is 0 Å². The molecule has 0 saturated carbocycles. The van der Waals surface area contributed by atoms with E-state index in [-0.39, 0.29) is 5.91 Å². The van der Waals surface area contributed by atoms with Crippen LogP contribution in [0.15, 0.2) is 55.1 Å². The zero-order valence-electron chi connectivity index (χ0n) is 11.8. The van der Waals surface area contributed by atoms with Crippen LogP contribution in [0.3, 0.4) is 0 Å². The van der Waals surface area contributed by atoms with Crippen LogP contribution in [0.25, 0.3) is 5.70 Å². The highest BCUT2D eigenvalue weighted by atomic mass is 35.5. The molecule has 2 N–H and O–H groups in total. The zero-order chi connectivity index (χ0) is 15.2. The predicted octanol–water partition coefficient (Wildman–Crippen LogP) is 3.81. The van der Waals surface area contributed by atoms with Crippen molar-refractivity contribution in [2.24, 2.45) is 0 Å². The zero-order valence-corrected chi connectivity index (χ0v) is 12.6. The van der Waals surface area contributed by atoms with Crippen molar-refractivity contribution >= 4 is 23.2 Å². The maximum Gasteiger partial charge on any atom is 0.269 e. The molecule has 0 aromatic heterocycles. The van der Waals surface area contributed by atoms with Crippen LogP contribution in [0.2, 0.25) is 5.02 Å². The minimum atomic E-state index is -0.260. The third-order valence-electron chi connectivity index (χ3n) is 3.12. The molecule has 4 heteroatoms. The molecule has 0 aliphatic heterocycles. The number of amides is 1. The molecule has 0 radical (unpaired) electrons. The number of halogens is 1. The number of carbonyl (C=O) groups is 1. The Kier molecular flexibility index (Phi) is 5.01. The van der Waals surface area contributed by atoms with Gasteiger partial charge in [-0.25, -0.2) is 0 Å². The lowest BCUT2D eigenvalue weighted by Gasteiger charge is -2.11. The molecule has 0 heterocycles. The van der Waals surface area contributed by atoms with E-state index < -0.39 is 0 Å². The first-order valence-electron chi connectivity index (χ1n) is 6.70. The molecule has 2 rings (SSSR count). The van der Waals surface area contributed by atoms with E-state index in [1.165, 1.54) is 5.56 Å². The molecule has 1 amide bonds. The van der Waals surface area contributed by atoms with Gasteiger partial charge in [-0.3, -0.25) is 15.6 Å². The molecule has 0 spiro atoms. The van der Waals surface area contributed by atoms with Gasteiger partial charge >= 0.3 is 0 Å². The second kappa shape index (κ2) is 6.95. The normalized spacial score (nSPS) is 10.0. The molecule has 21 heavy (non-hydrogen) atoms. The van der Waals surface area contributed by atoms with Crippen LogP contribution in [-0.4, -0.2) is 5.91 Å². The molecule has 0 unspecified atom stereocenters. The summed E-state index contributed by atoms with van der Waals surface area (Å²) in [4.78, 5) is 12.0. The van der Waals surface area contributed by atoms with Crippen molar-refractivity contribution in [1.29, 1.82) is 0 Å². The van der Waals surface area contributed by atoms with Crippen molar-refractivity contribution in [1.82, 2.24) is 10.9 Å². The summed E-state index contributed by atoms with van der Waals surface area (Å²) in [6.45, 7) is 6.02. The van der Waals surface area contributed by atoms with Crippen molar-refractivity contribution < 1.29 is 4.79 Å². The van der Waals surface area contributed by atoms with E-state index in [4.69, 9.17) is 11.6 Å². The fourth-order valence-electron chi connectivity index (χ4n) is 1.85. The fraction of sp³-hybridized carbons (Fsp3) is 0.118. The molecule has 108 valence electrons. The number of nitrogens with one attached hydrogen (secondary N) is 2. The summed E-state index contributed by atoms with van der Waals surface area (Å²) in [6, 6.07) is 14.8. The molecule has 2 aromatic carbocycles. The van der Waals surface area contributed by atoms with Gasteiger partial charge in [0.25, 0.3) is 5.91 Å². The Morgan fingerprint density at radius 3 is 2.43 bits per heavy atom. The number of rotatable bonds is 5. The number of hydrogen-bond donors (Lipinski definition) is 2. The van der Waals surface area contributed by atoms with E-state index in [0.29, 0.717) is 16.3 Å². The van der Waals surface area contributed by atoms with Crippen molar-refractivity contribution in [3.8, 4) is 0 Å². The lowest BCUT2D eigenvalue weighted by molar-refractivity contribution is 0.0942. The third kappa shape index (κ3) is 4.10. The van der Waals surface area contributed by atoms with E-state index in [2.05, 4.69) is 24.4 Å². The van der Waals surface area contributed by atoms with Crippen molar-refractivity contribution in [3.63, 3.8) is 0 Å². The topological polar surface area (TPSA) is 41.1 Å². The molecule has 0 bridgehead atoms. The monoisotopic (exact) mass is 300 g/mol. The van der Waals surface area contributed by atoms with Crippen LogP contribution >= 0.6 is 11.6 Å². The maximum absolute atomic E-state index is 12.0. The van der Waals surface area contributed by atoms with Gasteiger partial charge in [0.1, 0.15) is 0 Å². The third-order valence-corrected chi connectivity index (χ3v) is 3.36. The second-order valence-corrected chi connectivity index (χ2v) is 5.05. The summed E-state index contributed by atoms with van der Waals surface area (Å²) >= 11 is 5.86. The smallest absolute Gasteiger partial charge is 0.269 e. The number of aryl methyl sites for hydroxylation is 1. The molecule has 0 aliphatic rings. The summed E-state index contributed by atoms with van der Waals surface area (Å²) in [7, 11) is 0.